The first-order valence-electron chi connectivity index (χ1n) is 8.77. The van der Waals surface area contributed by atoms with Crippen LogP contribution in [0.4, 0.5) is 18.9 Å². The summed E-state index contributed by atoms with van der Waals surface area (Å²) in [5, 5.41) is 15.8. The van der Waals surface area contributed by atoms with Crippen molar-refractivity contribution in [3.05, 3.63) is 24.3 Å². The van der Waals surface area contributed by atoms with Crippen LogP contribution in [0.3, 0.4) is 0 Å². The lowest BCUT2D eigenvalue weighted by atomic mass is 10.0. The zero-order chi connectivity index (χ0) is 20.9. The van der Waals surface area contributed by atoms with E-state index < -0.39 is 30.1 Å². The number of benzene rings is 1. The summed E-state index contributed by atoms with van der Waals surface area (Å²) in [7, 11) is 1.44. The maximum absolute atomic E-state index is 13.4. The number of hydrogen-bond donors (Lipinski definition) is 2. The Balaban J connectivity index is 2.18. The lowest BCUT2D eigenvalue weighted by molar-refractivity contribution is -0.301. The van der Waals surface area contributed by atoms with Gasteiger partial charge in [-0.15, -0.1) is 0 Å². The Morgan fingerprint density at radius 2 is 1.93 bits per heavy atom. The van der Waals surface area contributed by atoms with Crippen molar-refractivity contribution >= 4 is 23.2 Å². The quantitative estimate of drug-likeness (QED) is 0.566. The van der Waals surface area contributed by atoms with Gasteiger partial charge in [0.1, 0.15) is 5.75 Å². The summed E-state index contributed by atoms with van der Waals surface area (Å²) >= 11 is 0. The molecule has 0 radical (unpaired) electrons. The van der Waals surface area contributed by atoms with E-state index in [-0.39, 0.29) is 22.8 Å². The van der Waals surface area contributed by atoms with Gasteiger partial charge in [-0.1, -0.05) is 19.8 Å². The van der Waals surface area contributed by atoms with E-state index in [0.717, 1.165) is 12.8 Å². The third-order valence-electron chi connectivity index (χ3n) is 4.30. The predicted octanol–water partition coefficient (Wildman–Crippen LogP) is 3.05. The molecule has 0 aromatic heterocycles. The van der Waals surface area contributed by atoms with Crippen molar-refractivity contribution in [2.75, 3.05) is 12.4 Å². The topological polar surface area (TPSA) is 91.2 Å². The Morgan fingerprint density at radius 1 is 1.29 bits per heavy atom. The van der Waals surface area contributed by atoms with Gasteiger partial charge in [0.2, 0.25) is 0 Å². The van der Waals surface area contributed by atoms with Crippen molar-refractivity contribution in [1.82, 2.24) is 5.01 Å². The summed E-state index contributed by atoms with van der Waals surface area (Å²) in [6, 6.07) is 5.85. The van der Waals surface area contributed by atoms with Crippen LogP contribution in [0.15, 0.2) is 29.4 Å². The summed E-state index contributed by atoms with van der Waals surface area (Å²) in [5.74, 6) is -2.44. The second-order valence-corrected chi connectivity index (χ2v) is 6.41. The minimum Gasteiger partial charge on any atom is -0.497 e. The molecule has 2 rings (SSSR count). The fraction of sp³-hybridized carbons (Fsp3) is 0.500. The highest BCUT2D eigenvalue weighted by Gasteiger charge is 2.63. The van der Waals surface area contributed by atoms with Crippen LogP contribution in [0.5, 0.6) is 5.75 Å². The van der Waals surface area contributed by atoms with Crippen molar-refractivity contribution < 1.29 is 32.6 Å². The minimum absolute atomic E-state index is 0.0267. The number of aliphatic hydroxyl groups is 1. The number of halogens is 3. The molecule has 28 heavy (non-hydrogen) atoms. The van der Waals surface area contributed by atoms with Gasteiger partial charge in [-0.3, -0.25) is 9.59 Å². The smallest absolute Gasteiger partial charge is 0.438 e. The molecule has 2 amide bonds. The molecule has 154 valence electrons. The monoisotopic (exact) mass is 401 g/mol. The summed E-state index contributed by atoms with van der Waals surface area (Å²) < 4.78 is 45.2. The fourth-order valence-electron chi connectivity index (χ4n) is 2.73. The molecule has 0 saturated carbocycles. The zero-order valence-corrected chi connectivity index (χ0v) is 15.5. The van der Waals surface area contributed by atoms with E-state index in [0.29, 0.717) is 12.2 Å². The molecule has 1 aliphatic rings. The number of hydrogen-bond acceptors (Lipinski definition) is 5. The molecule has 1 aromatic rings. The number of amides is 2. The highest BCUT2D eigenvalue weighted by Crippen LogP contribution is 2.41. The molecule has 0 bridgehead atoms. The van der Waals surface area contributed by atoms with Crippen LogP contribution in [0.25, 0.3) is 0 Å². The van der Waals surface area contributed by atoms with E-state index in [4.69, 9.17) is 4.74 Å². The number of ether oxygens (including phenoxy) is 1. The van der Waals surface area contributed by atoms with E-state index in [1.54, 1.807) is 0 Å². The standard InChI is InChI=1S/C18H22F3N3O4/c1-3-4-5-6-13-11-17(27,18(19,20)21)24(23-13)16(26)15(25)22-12-7-9-14(28-2)10-8-12/h7-10,27H,3-6,11H2,1-2H3,(H,22,25). The number of nitrogens with zero attached hydrogens (tertiary/aromatic N) is 2. The van der Waals surface area contributed by atoms with E-state index >= 15 is 0 Å². The van der Waals surface area contributed by atoms with Gasteiger partial charge >= 0.3 is 18.0 Å². The molecule has 0 aliphatic carbocycles. The maximum atomic E-state index is 13.4. The molecule has 1 aliphatic heterocycles. The largest absolute Gasteiger partial charge is 0.497 e. The molecule has 1 atom stereocenters. The number of hydrazone groups is 1. The molecular formula is C18H22F3N3O4. The van der Waals surface area contributed by atoms with E-state index in [9.17, 15) is 27.9 Å². The van der Waals surface area contributed by atoms with Gasteiger partial charge in [-0.25, -0.2) is 0 Å². The Hall–Kier alpha value is -2.62. The third kappa shape index (κ3) is 4.61. The van der Waals surface area contributed by atoms with Gasteiger partial charge in [0.15, 0.2) is 0 Å². The van der Waals surface area contributed by atoms with Gasteiger partial charge in [0.05, 0.1) is 7.11 Å². The molecular weight excluding hydrogens is 379 g/mol. The second kappa shape index (κ2) is 8.59. The van der Waals surface area contributed by atoms with Crippen LogP contribution in [0.2, 0.25) is 0 Å². The van der Waals surface area contributed by atoms with Gasteiger partial charge < -0.3 is 15.2 Å². The van der Waals surface area contributed by atoms with Gasteiger partial charge in [-0.05, 0) is 37.1 Å². The second-order valence-electron chi connectivity index (χ2n) is 6.41. The van der Waals surface area contributed by atoms with Gasteiger partial charge in [0, 0.05) is 17.8 Å². The first kappa shape index (κ1) is 21.7. The fourth-order valence-corrected chi connectivity index (χ4v) is 2.73. The maximum Gasteiger partial charge on any atom is 0.438 e. The number of rotatable bonds is 6. The van der Waals surface area contributed by atoms with Crippen molar-refractivity contribution in [2.24, 2.45) is 5.10 Å². The van der Waals surface area contributed by atoms with Crippen molar-refractivity contribution in [3.8, 4) is 5.75 Å². The average Bonchev–Trinajstić information content (AvgIpc) is 2.99. The van der Waals surface area contributed by atoms with E-state index in [1.165, 1.54) is 31.4 Å². The Labute approximate surface area is 160 Å². The van der Waals surface area contributed by atoms with Crippen molar-refractivity contribution in [1.29, 1.82) is 0 Å². The first-order valence-corrected chi connectivity index (χ1v) is 8.77. The number of anilines is 1. The molecule has 2 N–H and O–H groups in total. The molecule has 10 heteroatoms. The van der Waals surface area contributed by atoms with Crippen LogP contribution in [-0.2, 0) is 9.59 Å². The SMILES string of the molecule is CCCCCC1=NN(C(=O)C(=O)Nc2ccc(OC)cc2)C(O)(C(F)(F)F)C1. The van der Waals surface area contributed by atoms with Crippen molar-refractivity contribution in [2.45, 2.75) is 50.9 Å². The lowest BCUT2D eigenvalue weighted by Crippen LogP contribution is -2.58. The Morgan fingerprint density at radius 3 is 2.46 bits per heavy atom. The molecule has 0 saturated heterocycles. The number of unbranched alkanes of at least 4 members (excludes halogenated alkanes) is 2. The van der Waals surface area contributed by atoms with E-state index in [2.05, 4.69) is 10.4 Å². The Kier molecular flexibility index (Phi) is 6.65. The first-order chi connectivity index (χ1) is 13.1. The Bertz CT molecular complexity index is 749. The lowest BCUT2D eigenvalue weighted by Gasteiger charge is -2.32. The molecule has 0 spiro atoms. The van der Waals surface area contributed by atoms with Crippen LogP contribution < -0.4 is 10.1 Å². The number of alkyl halides is 3. The predicted molar refractivity (Wildman–Crippen MR) is 95.7 cm³/mol. The van der Waals surface area contributed by atoms with E-state index in [1.807, 2.05) is 6.92 Å². The normalized spacial score (nSPS) is 19.4. The highest BCUT2D eigenvalue weighted by molar-refractivity contribution is 6.39. The van der Waals surface area contributed by atoms with Crippen molar-refractivity contribution in [3.63, 3.8) is 0 Å². The molecule has 0 fully saturated rings. The number of nitrogens with one attached hydrogen (secondary N) is 1. The van der Waals surface area contributed by atoms with Crippen LogP contribution >= 0.6 is 0 Å². The minimum atomic E-state index is -5.17. The van der Waals surface area contributed by atoms with Crippen LogP contribution in [-0.4, -0.2) is 46.7 Å². The zero-order valence-electron chi connectivity index (χ0n) is 15.5. The van der Waals surface area contributed by atoms with Gasteiger partial charge in [-0.2, -0.15) is 23.3 Å². The average molecular weight is 401 g/mol. The van der Waals surface area contributed by atoms with Crippen LogP contribution in [0, 0.1) is 0 Å². The number of methoxy groups -OCH3 is 1. The summed E-state index contributed by atoms with van der Waals surface area (Å²) in [4.78, 5) is 24.5. The summed E-state index contributed by atoms with van der Waals surface area (Å²) in [6.45, 7) is 1.93. The van der Waals surface area contributed by atoms with Crippen LogP contribution in [0.1, 0.15) is 39.0 Å². The number of carbonyl (C=O) groups is 2. The molecule has 1 unspecified atom stereocenters. The number of carbonyl (C=O) groups excluding carboxylic acids is 2. The molecule has 1 aromatic carbocycles. The molecule has 7 nitrogen and oxygen atoms in total. The highest BCUT2D eigenvalue weighted by atomic mass is 19.4. The third-order valence-corrected chi connectivity index (χ3v) is 4.30. The molecule has 1 heterocycles. The summed E-state index contributed by atoms with van der Waals surface area (Å²) in [6.07, 6.45) is -3.64. The van der Waals surface area contributed by atoms with Gasteiger partial charge in [0.25, 0.3) is 5.72 Å². The summed E-state index contributed by atoms with van der Waals surface area (Å²) in [5.41, 5.74) is -3.33.